The first-order chi connectivity index (χ1) is 13.4. The SMILES string of the molecule is CNC(=O)c1[nH]cnc1C(=O)Nc1ccc(CC(=O)c2cc(Cl)sc2Cl)cc1. The van der Waals surface area contributed by atoms with Gasteiger partial charge in [-0.2, -0.15) is 0 Å². The fourth-order valence-electron chi connectivity index (χ4n) is 2.47. The number of Topliss-reactive ketones (excluding diaryl/α,β-unsaturated/α-hetero) is 1. The number of H-pyrrole nitrogens is 1. The number of hydrogen-bond donors (Lipinski definition) is 3. The second-order valence-corrected chi connectivity index (χ2v) is 7.98. The summed E-state index contributed by atoms with van der Waals surface area (Å²) in [7, 11) is 1.46. The first kappa shape index (κ1) is 20.1. The van der Waals surface area contributed by atoms with Gasteiger partial charge in [0, 0.05) is 24.7 Å². The number of imidazole rings is 1. The third-order valence-electron chi connectivity index (χ3n) is 3.84. The fraction of sp³-hybridized carbons (Fsp3) is 0.111. The number of benzene rings is 1. The minimum atomic E-state index is -0.525. The van der Waals surface area contributed by atoms with E-state index in [4.69, 9.17) is 23.2 Å². The Kier molecular flexibility index (Phi) is 6.13. The highest BCUT2D eigenvalue weighted by Gasteiger charge is 2.20. The summed E-state index contributed by atoms with van der Waals surface area (Å²) in [5, 5.41) is 5.10. The van der Waals surface area contributed by atoms with E-state index in [1.165, 1.54) is 13.4 Å². The number of rotatable bonds is 6. The molecular weight excluding hydrogens is 423 g/mol. The predicted molar refractivity (Wildman–Crippen MR) is 109 cm³/mol. The molecule has 1 aromatic carbocycles. The molecule has 144 valence electrons. The molecule has 10 heteroatoms. The van der Waals surface area contributed by atoms with E-state index in [-0.39, 0.29) is 23.6 Å². The molecule has 0 unspecified atom stereocenters. The van der Waals surface area contributed by atoms with Crippen molar-refractivity contribution in [1.82, 2.24) is 15.3 Å². The number of aromatic nitrogens is 2. The van der Waals surface area contributed by atoms with Crippen molar-refractivity contribution in [2.24, 2.45) is 0 Å². The first-order valence-corrected chi connectivity index (χ1v) is 9.60. The lowest BCUT2D eigenvalue weighted by molar-refractivity contribution is 0.0943. The minimum absolute atomic E-state index is 0.0115. The summed E-state index contributed by atoms with van der Waals surface area (Å²) in [5.41, 5.74) is 1.72. The lowest BCUT2D eigenvalue weighted by atomic mass is 10.1. The molecule has 0 saturated carbocycles. The van der Waals surface area contributed by atoms with Crippen LogP contribution in [-0.4, -0.2) is 34.6 Å². The Morgan fingerprint density at radius 2 is 1.86 bits per heavy atom. The smallest absolute Gasteiger partial charge is 0.276 e. The van der Waals surface area contributed by atoms with Gasteiger partial charge in [0.1, 0.15) is 10.0 Å². The van der Waals surface area contributed by atoms with Gasteiger partial charge in [0.15, 0.2) is 11.5 Å². The van der Waals surface area contributed by atoms with Crippen molar-refractivity contribution in [2.45, 2.75) is 6.42 Å². The zero-order valence-electron chi connectivity index (χ0n) is 14.5. The maximum Gasteiger partial charge on any atom is 0.276 e. The van der Waals surface area contributed by atoms with Gasteiger partial charge in [0.2, 0.25) is 0 Å². The van der Waals surface area contributed by atoms with Crippen molar-refractivity contribution in [2.75, 3.05) is 12.4 Å². The van der Waals surface area contributed by atoms with Crippen molar-refractivity contribution in [3.05, 3.63) is 67.8 Å². The molecule has 28 heavy (non-hydrogen) atoms. The number of nitrogens with zero attached hydrogens (tertiary/aromatic N) is 1. The molecule has 0 fully saturated rings. The van der Waals surface area contributed by atoms with Crippen LogP contribution in [0, 0.1) is 0 Å². The second-order valence-electron chi connectivity index (χ2n) is 5.69. The normalized spacial score (nSPS) is 10.5. The van der Waals surface area contributed by atoms with Crippen molar-refractivity contribution in [3.8, 4) is 0 Å². The van der Waals surface area contributed by atoms with Crippen LogP contribution in [0.5, 0.6) is 0 Å². The van der Waals surface area contributed by atoms with Crippen LogP contribution in [-0.2, 0) is 6.42 Å². The number of halogens is 2. The van der Waals surface area contributed by atoms with E-state index in [9.17, 15) is 14.4 Å². The summed E-state index contributed by atoms with van der Waals surface area (Å²) in [4.78, 5) is 42.9. The van der Waals surface area contributed by atoms with Gasteiger partial charge in [-0.15, -0.1) is 11.3 Å². The van der Waals surface area contributed by atoms with E-state index in [1.807, 2.05) is 0 Å². The molecule has 3 N–H and O–H groups in total. The molecule has 0 spiro atoms. The Morgan fingerprint density at radius 3 is 2.46 bits per heavy atom. The second kappa shape index (κ2) is 8.55. The maximum absolute atomic E-state index is 12.4. The number of amides is 2. The highest BCUT2D eigenvalue weighted by Crippen LogP contribution is 2.32. The third kappa shape index (κ3) is 4.41. The van der Waals surface area contributed by atoms with Crippen LogP contribution >= 0.6 is 34.5 Å². The Balaban J connectivity index is 1.67. The predicted octanol–water partition coefficient (Wildman–Crippen LogP) is 3.82. The highest BCUT2D eigenvalue weighted by molar-refractivity contribution is 7.20. The summed E-state index contributed by atoms with van der Waals surface area (Å²) in [5.74, 6) is -1.11. The monoisotopic (exact) mass is 436 g/mol. The topological polar surface area (TPSA) is 104 Å². The minimum Gasteiger partial charge on any atom is -0.354 e. The Labute approximate surface area is 174 Å². The Bertz CT molecular complexity index is 1040. The van der Waals surface area contributed by atoms with Gasteiger partial charge in [0.25, 0.3) is 11.8 Å². The van der Waals surface area contributed by atoms with Gasteiger partial charge >= 0.3 is 0 Å². The molecule has 0 aliphatic carbocycles. The number of nitrogens with one attached hydrogen (secondary N) is 3. The van der Waals surface area contributed by atoms with Gasteiger partial charge in [-0.1, -0.05) is 35.3 Å². The molecule has 3 rings (SSSR count). The molecular formula is C18H14Cl2N4O3S. The van der Waals surface area contributed by atoms with Crippen LogP contribution < -0.4 is 10.6 Å². The summed E-state index contributed by atoms with van der Waals surface area (Å²) >= 11 is 13.0. The largest absolute Gasteiger partial charge is 0.354 e. The van der Waals surface area contributed by atoms with Crippen LogP contribution in [0.3, 0.4) is 0 Å². The molecule has 0 atom stereocenters. The zero-order valence-corrected chi connectivity index (χ0v) is 16.8. The Hall–Kier alpha value is -2.68. The van der Waals surface area contributed by atoms with Crippen LogP contribution in [0.2, 0.25) is 8.67 Å². The lowest BCUT2D eigenvalue weighted by Gasteiger charge is -2.06. The molecule has 2 amide bonds. The molecule has 2 heterocycles. The quantitative estimate of drug-likeness (QED) is 0.510. The molecule has 0 aliphatic heterocycles. The van der Waals surface area contributed by atoms with Crippen LogP contribution in [0.1, 0.15) is 36.9 Å². The van der Waals surface area contributed by atoms with Gasteiger partial charge in [0.05, 0.1) is 10.7 Å². The average Bonchev–Trinajstić information content (AvgIpc) is 3.29. The number of carbonyl (C=O) groups excluding carboxylic acids is 3. The summed E-state index contributed by atoms with van der Waals surface area (Å²) in [6, 6.07) is 8.32. The number of ketones is 1. The third-order valence-corrected chi connectivity index (χ3v) is 5.33. The molecule has 0 bridgehead atoms. The van der Waals surface area contributed by atoms with Gasteiger partial charge < -0.3 is 15.6 Å². The van der Waals surface area contributed by atoms with Crippen LogP contribution in [0.15, 0.2) is 36.7 Å². The van der Waals surface area contributed by atoms with Crippen molar-refractivity contribution < 1.29 is 14.4 Å². The standard InChI is InChI=1S/C18H14Cl2N4O3S/c1-21-17(26)14-15(23-8-22-14)18(27)24-10-4-2-9(3-5-10)6-12(25)11-7-13(19)28-16(11)20/h2-5,7-8H,6H2,1H3,(H,21,26)(H,22,23)(H,24,27). The van der Waals surface area contributed by atoms with Crippen LogP contribution in [0.4, 0.5) is 5.69 Å². The number of carbonyl (C=O) groups is 3. The molecule has 0 aliphatic rings. The lowest BCUT2D eigenvalue weighted by Crippen LogP contribution is -2.23. The summed E-state index contributed by atoms with van der Waals surface area (Å²) in [6.07, 6.45) is 1.43. The maximum atomic E-state index is 12.4. The zero-order chi connectivity index (χ0) is 20.3. The van der Waals surface area contributed by atoms with E-state index >= 15 is 0 Å². The number of aromatic amines is 1. The highest BCUT2D eigenvalue weighted by atomic mass is 35.5. The van der Waals surface area contributed by atoms with Gasteiger partial charge in [-0.25, -0.2) is 4.98 Å². The summed E-state index contributed by atoms with van der Waals surface area (Å²) in [6.45, 7) is 0. The average molecular weight is 437 g/mol. The number of thiophene rings is 1. The van der Waals surface area contributed by atoms with Gasteiger partial charge in [-0.3, -0.25) is 14.4 Å². The van der Waals surface area contributed by atoms with E-state index < -0.39 is 11.8 Å². The number of anilines is 1. The van der Waals surface area contributed by atoms with E-state index in [1.54, 1.807) is 30.3 Å². The van der Waals surface area contributed by atoms with Crippen molar-refractivity contribution in [1.29, 1.82) is 0 Å². The summed E-state index contributed by atoms with van der Waals surface area (Å²) < 4.78 is 0.825. The first-order valence-electron chi connectivity index (χ1n) is 8.02. The van der Waals surface area contributed by atoms with E-state index in [0.29, 0.717) is 19.9 Å². The Morgan fingerprint density at radius 1 is 1.14 bits per heavy atom. The van der Waals surface area contributed by atoms with Crippen molar-refractivity contribution >= 4 is 57.8 Å². The molecule has 2 aromatic heterocycles. The fourth-order valence-corrected chi connectivity index (χ4v) is 3.97. The van der Waals surface area contributed by atoms with Crippen molar-refractivity contribution in [3.63, 3.8) is 0 Å². The number of hydrogen-bond acceptors (Lipinski definition) is 5. The van der Waals surface area contributed by atoms with Crippen LogP contribution in [0.25, 0.3) is 0 Å². The molecule has 0 radical (unpaired) electrons. The van der Waals surface area contributed by atoms with E-state index in [0.717, 1.165) is 16.9 Å². The van der Waals surface area contributed by atoms with Gasteiger partial charge in [-0.05, 0) is 23.8 Å². The molecule has 7 nitrogen and oxygen atoms in total. The molecule has 3 aromatic rings. The van der Waals surface area contributed by atoms with E-state index in [2.05, 4.69) is 20.6 Å². The molecule has 0 saturated heterocycles.